The van der Waals surface area contributed by atoms with Crippen molar-refractivity contribution in [3.63, 3.8) is 0 Å². The highest BCUT2D eigenvalue weighted by Crippen LogP contribution is 2.27. The van der Waals surface area contributed by atoms with E-state index in [4.69, 9.17) is 11.0 Å². The highest BCUT2D eigenvalue weighted by molar-refractivity contribution is 5.68. The lowest BCUT2D eigenvalue weighted by atomic mass is 10.1. The molecule has 9 heteroatoms. The molecule has 0 spiro atoms. The fourth-order valence-corrected chi connectivity index (χ4v) is 3.12. The van der Waals surface area contributed by atoms with E-state index in [1.54, 1.807) is 23.0 Å². The number of pyridine rings is 1. The molecule has 0 aliphatic heterocycles. The third-order valence-electron chi connectivity index (χ3n) is 4.68. The van der Waals surface area contributed by atoms with Gasteiger partial charge in [-0.15, -0.1) is 5.10 Å². The van der Waals surface area contributed by atoms with Gasteiger partial charge in [-0.05, 0) is 36.2 Å². The number of hydrogen-bond donors (Lipinski definition) is 1. The number of nitrogen functional groups attached to an aromatic ring is 1. The summed E-state index contributed by atoms with van der Waals surface area (Å²) in [6.07, 6.45) is 1.72. The van der Waals surface area contributed by atoms with Crippen molar-refractivity contribution in [2.45, 2.75) is 26.3 Å². The van der Waals surface area contributed by atoms with E-state index < -0.39 is 5.82 Å². The molecule has 0 fully saturated rings. The second kappa shape index (κ2) is 8.28. The first-order valence-electron chi connectivity index (χ1n) is 9.64. The zero-order valence-corrected chi connectivity index (χ0v) is 17.0. The average molecular weight is 414 g/mol. The standard InChI is InChI=1S/C22H19FN8/c1-13(2)17-8-4-6-15(26-17)11-31-12-20(29-30-31)19-9-18(27-22(25)28-19)16-7-3-5-14(10-24)21(16)23/h3-9,12-13H,11H2,1-2H3,(H2,25,27,28). The van der Waals surface area contributed by atoms with E-state index >= 15 is 0 Å². The predicted molar refractivity (Wildman–Crippen MR) is 113 cm³/mol. The Balaban J connectivity index is 1.65. The Kier molecular flexibility index (Phi) is 5.37. The normalized spacial score (nSPS) is 10.9. The molecule has 0 amide bonds. The Bertz CT molecular complexity index is 1290. The summed E-state index contributed by atoms with van der Waals surface area (Å²) in [4.78, 5) is 13.0. The summed E-state index contributed by atoms with van der Waals surface area (Å²) in [6.45, 7) is 4.62. The smallest absolute Gasteiger partial charge is 0.221 e. The molecule has 0 aliphatic rings. The minimum Gasteiger partial charge on any atom is -0.368 e. The van der Waals surface area contributed by atoms with Gasteiger partial charge in [-0.3, -0.25) is 4.98 Å². The lowest BCUT2D eigenvalue weighted by Gasteiger charge is -2.07. The number of hydrogen-bond acceptors (Lipinski definition) is 7. The summed E-state index contributed by atoms with van der Waals surface area (Å²) in [6, 6.07) is 13.8. The maximum absolute atomic E-state index is 14.6. The monoisotopic (exact) mass is 414 g/mol. The molecule has 0 saturated carbocycles. The van der Waals surface area contributed by atoms with Gasteiger partial charge in [-0.1, -0.05) is 31.2 Å². The van der Waals surface area contributed by atoms with Crippen molar-refractivity contribution in [2.24, 2.45) is 0 Å². The molecule has 3 heterocycles. The van der Waals surface area contributed by atoms with Gasteiger partial charge < -0.3 is 5.73 Å². The second-order valence-electron chi connectivity index (χ2n) is 7.29. The molecule has 0 unspecified atom stereocenters. The van der Waals surface area contributed by atoms with Crippen molar-refractivity contribution in [3.8, 4) is 28.7 Å². The van der Waals surface area contributed by atoms with Crippen molar-refractivity contribution in [1.29, 1.82) is 5.26 Å². The van der Waals surface area contributed by atoms with Gasteiger partial charge in [0, 0.05) is 11.3 Å². The SMILES string of the molecule is CC(C)c1cccc(Cn2cc(-c3cc(-c4cccc(C#N)c4F)nc(N)n3)nn2)n1. The van der Waals surface area contributed by atoms with E-state index in [0.717, 1.165) is 11.4 Å². The van der Waals surface area contributed by atoms with E-state index in [1.165, 1.54) is 12.1 Å². The van der Waals surface area contributed by atoms with Gasteiger partial charge in [0.25, 0.3) is 0 Å². The lowest BCUT2D eigenvalue weighted by Crippen LogP contribution is -2.04. The number of nitrogens with two attached hydrogens (primary N) is 1. The number of anilines is 1. The van der Waals surface area contributed by atoms with Gasteiger partial charge in [0.2, 0.25) is 5.95 Å². The summed E-state index contributed by atoms with van der Waals surface area (Å²) in [7, 11) is 0. The number of aromatic nitrogens is 6. The quantitative estimate of drug-likeness (QED) is 0.530. The molecule has 0 bridgehead atoms. The van der Waals surface area contributed by atoms with E-state index in [2.05, 4.69) is 39.1 Å². The number of benzene rings is 1. The third kappa shape index (κ3) is 4.23. The molecule has 0 radical (unpaired) electrons. The van der Waals surface area contributed by atoms with Gasteiger partial charge in [-0.25, -0.2) is 19.0 Å². The van der Waals surface area contributed by atoms with Crippen LogP contribution in [0.15, 0.2) is 48.7 Å². The molecule has 1 aromatic carbocycles. The van der Waals surface area contributed by atoms with Crippen LogP contribution in [0.4, 0.5) is 10.3 Å². The van der Waals surface area contributed by atoms with E-state index in [0.29, 0.717) is 23.9 Å². The van der Waals surface area contributed by atoms with Crippen LogP contribution in [0.25, 0.3) is 22.6 Å². The van der Waals surface area contributed by atoms with E-state index in [9.17, 15) is 4.39 Å². The van der Waals surface area contributed by atoms with Crippen molar-refractivity contribution in [2.75, 3.05) is 5.73 Å². The van der Waals surface area contributed by atoms with Crippen LogP contribution >= 0.6 is 0 Å². The molecule has 154 valence electrons. The second-order valence-corrected chi connectivity index (χ2v) is 7.29. The number of nitrogens with zero attached hydrogens (tertiary/aromatic N) is 7. The maximum atomic E-state index is 14.6. The van der Waals surface area contributed by atoms with Gasteiger partial charge in [0.05, 0.1) is 35.4 Å². The summed E-state index contributed by atoms with van der Waals surface area (Å²) >= 11 is 0. The van der Waals surface area contributed by atoms with Gasteiger partial charge in [0.1, 0.15) is 17.6 Å². The molecule has 31 heavy (non-hydrogen) atoms. The summed E-state index contributed by atoms with van der Waals surface area (Å²) in [5.41, 5.74) is 8.95. The Labute approximate surface area is 178 Å². The number of rotatable bonds is 5. The molecule has 0 aliphatic carbocycles. The van der Waals surface area contributed by atoms with Crippen LogP contribution in [-0.4, -0.2) is 29.9 Å². The molecule has 4 aromatic rings. The first-order valence-corrected chi connectivity index (χ1v) is 9.64. The highest BCUT2D eigenvalue weighted by Gasteiger charge is 2.15. The molecule has 4 rings (SSSR count). The van der Waals surface area contributed by atoms with Crippen molar-refractivity contribution < 1.29 is 4.39 Å². The minimum atomic E-state index is -0.659. The molecule has 0 saturated heterocycles. The van der Waals surface area contributed by atoms with Crippen molar-refractivity contribution in [3.05, 3.63) is 71.4 Å². The minimum absolute atomic E-state index is 0.0323. The molecular weight excluding hydrogens is 395 g/mol. The predicted octanol–water partition coefficient (Wildman–Crippen LogP) is 3.56. The van der Waals surface area contributed by atoms with Crippen molar-refractivity contribution >= 4 is 5.95 Å². The van der Waals surface area contributed by atoms with Gasteiger partial charge in [-0.2, -0.15) is 5.26 Å². The zero-order valence-electron chi connectivity index (χ0n) is 17.0. The topological polar surface area (TPSA) is 119 Å². The first kappa shape index (κ1) is 20.1. The van der Waals surface area contributed by atoms with Crippen molar-refractivity contribution in [1.82, 2.24) is 29.9 Å². The van der Waals surface area contributed by atoms with Crippen LogP contribution in [0.5, 0.6) is 0 Å². The lowest BCUT2D eigenvalue weighted by molar-refractivity contribution is 0.627. The Hall–Kier alpha value is -4.19. The summed E-state index contributed by atoms with van der Waals surface area (Å²) < 4.78 is 16.2. The van der Waals surface area contributed by atoms with E-state index in [1.807, 2.05) is 24.3 Å². The Morgan fingerprint density at radius 2 is 1.84 bits per heavy atom. The molecule has 0 atom stereocenters. The van der Waals surface area contributed by atoms with Crippen LogP contribution in [0, 0.1) is 17.1 Å². The molecule has 3 aromatic heterocycles. The van der Waals surface area contributed by atoms with Gasteiger partial charge >= 0.3 is 0 Å². The average Bonchev–Trinajstić information content (AvgIpc) is 3.22. The summed E-state index contributed by atoms with van der Waals surface area (Å²) in [5.74, 6) is -0.363. The molecule has 8 nitrogen and oxygen atoms in total. The zero-order chi connectivity index (χ0) is 22.0. The van der Waals surface area contributed by atoms with Gasteiger partial charge in [0.15, 0.2) is 0 Å². The fraction of sp³-hybridized carbons (Fsp3) is 0.182. The Morgan fingerprint density at radius 1 is 1.06 bits per heavy atom. The first-order chi connectivity index (χ1) is 14.9. The Morgan fingerprint density at radius 3 is 2.61 bits per heavy atom. The molecule has 2 N–H and O–H groups in total. The third-order valence-corrected chi connectivity index (χ3v) is 4.68. The molecular formula is C22H19FN8. The number of halogens is 1. The largest absolute Gasteiger partial charge is 0.368 e. The van der Waals surface area contributed by atoms with Crippen LogP contribution < -0.4 is 5.73 Å². The van der Waals surface area contributed by atoms with Crippen LogP contribution in [0.2, 0.25) is 0 Å². The van der Waals surface area contributed by atoms with Crippen LogP contribution in [-0.2, 0) is 6.54 Å². The fourth-order valence-electron chi connectivity index (χ4n) is 3.12. The van der Waals surface area contributed by atoms with Crippen LogP contribution in [0.3, 0.4) is 0 Å². The van der Waals surface area contributed by atoms with Crippen LogP contribution in [0.1, 0.15) is 36.7 Å². The van der Waals surface area contributed by atoms with E-state index in [-0.39, 0.29) is 22.8 Å². The summed E-state index contributed by atoms with van der Waals surface area (Å²) in [5, 5.41) is 17.4. The maximum Gasteiger partial charge on any atom is 0.221 e. The number of nitriles is 1. The highest BCUT2D eigenvalue weighted by atomic mass is 19.1.